The summed E-state index contributed by atoms with van der Waals surface area (Å²) in [5.41, 5.74) is 5.92. The number of amides is 2. The highest BCUT2D eigenvalue weighted by Crippen LogP contribution is 2.15. The van der Waals surface area contributed by atoms with Crippen LogP contribution in [0, 0.1) is 5.82 Å². The Morgan fingerprint density at radius 1 is 0.897 bits per heavy atom. The average Bonchev–Trinajstić information content (AvgIpc) is 2.77. The first-order valence-corrected chi connectivity index (χ1v) is 9.58. The Bertz CT molecular complexity index is 793. The van der Waals surface area contributed by atoms with Gasteiger partial charge in [0.1, 0.15) is 11.6 Å². The molecule has 8 heteroatoms. The van der Waals surface area contributed by atoms with Crippen molar-refractivity contribution in [2.75, 3.05) is 44.2 Å². The molecule has 0 aromatic heterocycles. The maximum Gasteiger partial charge on any atom is 0.276 e. The lowest BCUT2D eigenvalue weighted by atomic mass is 10.2. The summed E-state index contributed by atoms with van der Waals surface area (Å²) < 4.78 is 18.0. The molecular weight excluding hydrogens is 375 g/mol. The normalized spacial score (nSPS) is 14.3. The molecule has 2 N–H and O–H groups in total. The molecule has 1 aliphatic rings. The number of hydrogen-bond acceptors (Lipinski definition) is 5. The van der Waals surface area contributed by atoms with Gasteiger partial charge in [0.2, 0.25) is 5.91 Å². The summed E-state index contributed by atoms with van der Waals surface area (Å²) >= 11 is 0. The molecular formula is C21H25FN4O3. The topological polar surface area (TPSA) is 73.9 Å². The van der Waals surface area contributed by atoms with Crippen LogP contribution in [0.25, 0.3) is 0 Å². The molecule has 0 atom stereocenters. The molecule has 2 aromatic rings. The lowest BCUT2D eigenvalue weighted by Gasteiger charge is -2.36. The minimum atomic E-state index is -0.487. The molecule has 2 aromatic carbocycles. The van der Waals surface area contributed by atoms with Gasteiger partial charge in [0.05, 0.1) is 0 Å². The van der Waals surface area contributed by atoms with Gasteiger partial charge in [0.15, 0.2) is 6.61 Å². The van der Waals surface area contributed by atoms with Crippen molar-refractivity contribution in [2.24, 2.45) is 0 Å². The van der Waals surface area contributed by atoms with E-state index in [1.54, 1.807) is 0 Å². The smallest absolute Gasteiger partial charge is 0.276 e. The second kappa shape index (κ2) is 10.4. The largest absolute Gasteiger partial charge is 0.484 e. The minimum Gasteiger partial charge on any atom is -0.484 e. The minimum absolute atomic E-state index is 0.259. The molecule has 1 fully saturated rings. The molecule has 3 rings (SSSR count). The highest BCUT2D eigenvalue weighted by Gasteiger charge is 2.17. The summed E-state index contributed by atoms with van der Waals surface area (Å²) in [5, 5.41) is 0. The number of ether oxygens (including phenoxy) is 1. The highest BCUT2D eigenvalue weighted by molar-refractivity contribution is 5.82. The number of anilines is 1. The molecule has 1 aliphatic heterocycles. The second-order valence-electron chi connectivity index (χ2n) is 6.75. The van der Waals surface area contributed by atoms with E-state index in [9.17, 15) is 14.0 Å². The van der Waals surface area contributed by atoms with Crippen LogP contribution in [0.1, 0.15) is 6.42 Å². The number of carbonyl (C=O) groups is 2. The van der Waals surface area contributed by atoms with E-state index in [-0.39, 0.29) is 18.3 Å². The van der Waals surface area contributed by atoms with E-state index in [1.165, 1.54) is 30.0 Å². The molecule has 0 saturated carbocycles. The van der Waals surface area contributed by atoms with Crippen LogP contribution >= 0.6 is 0 Å². The molecule has 2 amide bonds. The first-order valence-electron chi connectivity index (χ1n) is 9.58. The monoisotopic (exact) mass is 400 g/mol. The van der Waals surface area contributed by atoms with Crippen molar-refractivity contribution >= 4 is 17.5 Å². The fourth-order valence-electron chi connectivity index (χ4n) is 3.05. The summed E-state index contributed by atoms with van der Waals surface area (Å²) in [5.74, 6) is -0.747. The van der Waals surface area contributed by atoms with Crippen molar-refractivity contribution in [3.63, 3.8) is 0 Å². The van der Waals surface area contributed by atoms with Crippen LogP contribution in [0.4, 0.5) is 10.1 Å². The lowest BCUT2D eigenvalue weighted by Crippen LogP contribution is -2.48. The van der Waals surface area contributed by atoms with Gasteiger partial charge in [-0.2, -0.15) is 0 Å². The van der Waals surface area contributed by atoms with Crippen LogP contribution in [0.5, 0.6) is 5.75 Å². The van der Waals surface area contributed by atoms with Gasteiger partial charge in [-0.05, 0) is 36.4 Å². The molecule has 0 bridgehead atoms. The first kappa shape index (κ1) is 20.6. The van der Waals surface area contributed by atoms with E-state index >= 15 is 0 Å². The van der Waals surface area contributed by atoms with Crippen molar-refractivity contribution in [1.82, 2.24) is 15.8 Å². The highest BCUT2D eigenvalue weighted by atomic mass is 19.1. The summed E-state index contributed by atoms with van der Waals surface area (Å²) in [4.78, 5) is 28.2. The number of nitrogens with one attached hydrogen (secondary N) is 2. The Kier molecular flexibility index (Phi) is 7.40. The molecule has 0 aliphatic carbocycles. The SMILES string of the molecule is O=C(CCN1CCN(c2ccccc2)CC1)NNC(=O)COc1ccc(F)cc1. The van der Waals surface area contributed by atoms with E-state index in [2.05, 4.69) is 32.8 Å². The zero-order chi connectivity index (χ0) is 20.5. The molecule has 0 radical (unpaired) electrons. The predicted octanol–water partition coefficient (Wildman–Crippen LogP) is 1.56. The van der Waals surface area contributed by atoms with Crippen LogP contribution in [0.2, 0.25) is 0 Å². The van der Waals surface area contributed by atoms with Gasteiger partial charge in [-0.15, -0.1) is 0 Å². The number of halogens is 1. The number of hydrogen-bond donors (Lipinski definition) is 2. The Morgan fingerprint density at radius 2 is 1.55 bits per heavy atom. The van der Waals surface area contributed by atoms with Crippen LogP contribution in [0.3, 0.4) is 0 Å². The van der Waals surface area contributed by atoms with Crippen LogP contribution in [-0.4, -0.2) is 56.0 Å². The molecule has 7 nitrogen and oxygen atoms in total. The number of benzene rings is 2. The number of nitrogens with zero attached hydrogens (tertiary/aromatic N) is 2. The van der Waals surface area contributed by atoms with Crippen molar-refractivity contribution in [2.45, 2.75) is 6.42 Å². The molecule has 29 heavy (non-hydrogen) atoms. The van der Waals surface area contributed by atoms with E-state index in [1.807, 2.05) is 18.2 Å². The van der Waals surface area contributed by atoms with Crippen molar-refractivity contribution in [1.29, 1.82) is 0 Å². The number of hydrazine groups is 1. The molecule has 1 saturated heterocycles. The van der Waals surface area contributed by atoms with E-state index < -0.39 is 5.91 Å². The number of rotatable bonds is 7. The van der Waals surface area contributed by atoms with Crippen LogP contribution in [0.15, 0.2) is 54.6 Å². The van der Waals surface area contributed by atoms with Crippen molar-refractivity contribution < 1.29 is 18.7 Å². The molecule has 154 valence electrons. The van der Waals surface area contributed by atoms with Crippen LogP contribution < -0.4 is 20.5 Å². The number of piperazine rings is 1. The third-order valence-electron chi connectivity index (χ3n) is 4.67. The second-order valence-corrected chi connectivity index (χ2v) is 6.75. The fourth-order valence-corrected chi connectivity index (χ4v) is 3.05. The van der Waals surface area contributed by atoms with Gasteiger partial charge in [-0.1, -0.05) is 18.2 Å². The van der Waals surface area contributed by atoms with E-state index in [0.717, 1.165) is 26.2 Å². The predicted molar refractivity (Wildman–Crippen MR) is 108 cm³/mol. The van der Waals surface area contributed by atoms with Gasteiger partial charge in [-0.25, -0.2) is 4.39 Å². The average molecular weight is 400 g/mol. The van der Waals surface area contributed by atoms with Crippen molar-refractivity contribution in [3.05, 3.63) is 60.4 Å². The quantitative estimate of drug-likeness (QED) is 0.690. The van der Waals surface area contributed by atoms with E-state index in [0.29, 0.717) is 18.7 Å². The first-order chi connectivity index (χ1) is 14.1. The Labute approximate surface area is 169 Å². The number of para-hydroxylation sites is 1. The Morgan fingerprint density at radius 3 is 2.24 bits per heavy atom. The zero-order valence-electron chi connectivity index (χ0n) is 16.1. The van der Waals surface area contributed by atoms with Gasteiger partial charge in [-0.3, -0.25) is 25.3 Å². The standard InChI is InChI=1S/C21H25FN4O3/c22-17-6-8-19(9-7-17)29-16-21(28)24-23-20(27)10-11-25-12-14-26(15-13-25)18-4-2-1-3-5-18/h1-9H,10-16H2,(H,23,27)(H,24,28). The Hall–Kier alpha value is -3.13. The number of carbonyl (C=O) groups excluding carboxylic acids is 2. The van der Waals surface area contributed by atoms with Gasteiger partial charge in [0, 0.05) is 44.8 Å². The van der Waals surface area contributed by atoms with Gasteiger partial charge in [0.25, 0.3) is 5.91 Å². The third-order valence-corrected chi connectivity index (χ3v) is 4.67. The maximum atomic E-state index is 12.8. The summed E-state index contributed by atoms with van der Waals surface area (Å²) in [6, 6.07) is 15.6. The summed E-state index contributed by atoms with van der Waals surface area (Å²) in [6.45, 7) is 3.98. The summed E-state index contributed by atoms with van der Waals surface area (Å²) in [7, 11) is 0. The maximum absolute atomic E-state index is 12.8. The Balaban J connectivity index is 1.28. The van der Waals surface area contributed by atoms with Crippen LogP contribution in [-0.2, 0) is 9.59 Å². The van der Waals surface area contributed by atoms with Gasteiger partial charge >= 0.3 is 0 Å². The third kappa shape index (κ3) is 6.76. The van der Waals surface area contributed by atoms with Crippen molar-refractivity contribution in [3.8, 4) is 5.75 Å². The fraction of sp³-hybridized carbons (Fsp3) is 0.333. The zero-order valence-corrected chi connectivity index (χ0v) is 16.1. The van der Waals surface area contributed by atoms with E-state index in [4.69, 9.17) is 4.74 Å². The molecule has 1 heterocycles. The van der Waals surface area contributed by atoms with Gasteiger partial charge < -0.3 is 9.64 Å². The lowest BCUT2D eigenvalue weighted by molar-refractivity contribution is -0.130. The molecule has 0 unspecified atom stereocenters. The summed E-state index contributed by atoms with van der Waals surface area (Å²) in [6.07, 6.45) is 0.296. The molecule has 0 spiro atoms.